The number of carbonyl (C=O) groups is 1. The number of nitrogens with one attached hydrogen (secondary N) is 1. The predicted octanol–water partition coefficient (Wildman–Crippen LogP) is 4.26. The molecule has 0 aliphatic rings. The van der Waals surface area contributed by atoms with E-state index in [0.717, 1.165) is 6.42 Å². The van der Waals surface area contributed by atoms with E-state index in [4.69, 9.17) is 9.47 Å². The zero-order valence-corrected chi connectivity index (χ0v) is 16.5. The number of benzene rings is 1. The highest BCUT2D eigenvalue weighted by Gasteiger charge is 2.08. The van der Waals surface area contributed by atoms with Crippen LogP contribution in [0.5, 0.6) is 5.75 Å². The van der Waals surface area contributed by atoms with Gasteiger partial charge in [-0.05, 0) is 31.4 Å². The van der Waals surface area contributed by atoms with Gasteiger partial charge in [-0.3, -0.25) is 10.2 Å². The summed E-state index contributed by atoms with van der Waals surface area (Å²) in [6.45, 7) is 6.85. The lowest BCUT2D eigenvalue weighted by atomic mass is 10.1. The van der Waals surface area contributed by atoms with Crippen molar-refractivity contribution < 1.29 is 18.7 Å². The maximum absolute atomic E-state index is 13.7. The summed E-state index contributed by atoms with van der Waals surface area (Å²) in [5.41, 5.74) is 3.97. The first kappa shape index (κ1) is 20.8. The lowest BCUT2D eigenvalue weighted by Gasteiger charge is -2.08. The van der Waals surface area contributed by atoms with E-state index in [1.807, 2.05) is 0 Å². The van der Waals surface area contributed by atoms with Crippen LogP contribution in [-0.4, -0.2) is 30.4 Å². The minimum Gasteiger partial charge on any atom is -0.493 e. The van der Waals surface area contributed by atoms with E-state index >= 15 is 0 Å². The Kier molecular flexibility index (Phi) is 8.19. The highest BCUT2D eigenvalue weighted by molar-refractivity contribution is 7.13. The monoisotopic (exact) mass is 393 g/mol. The van der Waals surface area contributed by atoms with E-state index in [2.05, 4.69) is 29.4 Å². The van der Waals surface area contributed by atoms with Crippen LogP contribution in [0.25, 0.3) is 0 Å². The number of nitrogens with zero attached hydrogens (tertiary/aromatic N) is 2. The summed E-state index contributed by atoms with van der Waals surface area (Å²) in [5.74, 6) is 0.297. The lowest BCUT2D eigenvalue weighted by molar-refractivity contribution is -0.142. The largest absolute Gasteiger partial charge is 0.493 e. The minimum atomic E-state index is -0.385. The first-order valence-corrected chi connectivity index (χ1v) is 9.66. The first-order chi connectivity index (χ1) is 13.0. The van der Waals surface area contributed by atoms with E-state index < -0.39 is 0 Å². The fourth-order valence-corrected chi connectivity index (χ4v) is 2.78. The number of halogens is 1. The van der Waals surface area contributed by atoms with Crippen LogP contribution in [0.2, 0.25) is 0 Å². The molecule has 0 radical (unpaired) electrons. The Labute approximate surface area is 162 Å². The van der Waals surface area contributed by atoms with Crippen LogP contribution in [-0.2, 0) is 16.0 Å². The molecule has 0 spiro atoms. The molecule has 1 N–H and O–H groups in total. The molecule has 1 aromatic carbocycles. The van der Waals surface area contributed by atoms with Crippen LogP contribution >= 0.6 is 11.3 Å². The van der Waals surface area contributed by atoms with Crippen LogP contribution in [0, 0.1) is 11.7 Å². The number of hydrogen-bond acceptors (Lipinski definition) is 7. The maximum atomic E-state index is 13.7. The van der Waals surface area contributed by atoms with Gasteiger partial charge in [0.1, 0.15) is 11.6 Å². The Morgan fingerprint density at radius 2 is 2.22 bits per heavy atom. The molecule has 2 aromatic rings. The SMILES string of the molecule is CCOC(=O)Cc1csc(NN=Cc2cc(F)cc(OCCC(C)C)c2)n1. The molecular formula is C19H24FN3O3S. The van der Waals surface area contributed by atoms with E-state index in [1.54, 1.807) is 18.4 Å². The summed E-state index contributed by atoms with van der Waals surface area (Å²) in [4.78, 5) is 15.7. The Bertz CT molecular complexity index is 777. The van der Waals surface area contributed by atoms with Crippen molar-refractivity contribution in [3.05, 3.63) is 40.7 Å². The molecule has 0 saturated heterocycles. The molecule has 0 unspecified atom stereocenters. The smallest absolute Gasteiger partial charge is 0.311 e. The van der Waals surface area contributed by atoms with Crippen molar-refractivity contribution in [2.45, 2.75) is 33.6 Å². The molecule has 8 heteroatoms. The Balaban J connectivity index is 1.91. The number of anilines is 1. The van der Waals surface area contributed by atoms with Crippen molar-refractivity contribution in [3.63, 3.8) is 0 Å². The Morgan fingerprint density at radius 3 is 2.96 bits per heavy atom. The lowest BCUT2D eigenvalue weighted by Crippen LogP contribution is -2.07. The zero-order valence-electron chi connectivity index (χ0n) is 15.7. The van der Waals surface area contributed by atoms with Crippen LogP contribution in [0.3, 0.4) is 0 Å². The molecule has 27 heavy (non-hydrogen) atoms. The third-order valence-corrected chi connectivity index (χ3v) is 4.21. The molecule has 6 nitrogen and oxygen atoms in total. The topological polar surface area (TPSA) is 72.8 Å². The van der Waals surface area contributed by atoms with Crippen LogP contribution < -0.4 is 10.2 Å². The molecule has 0 amide bonds. The van der Waals surface area contributed by atoms with Crippen molar-refractivity contribution in [2.24, 2.45) is 11.0 Å². The van der Waals surface area contributed by atoms with Crippen molar-refractivity contribution in [3.8, 4) is 5.75 Å². The summed E-state index contributed by atoms with van der Waals surface area (Å²) in [6.07, 6.45) is 2.52. The van der Waals surface area contributed by atoms with Crippen molar-refractivity contribution in [1.82, 2.24) is 4.98 Å². The number of thiazole rings is 1. The highest BCUT2D eigenvalue weighted by atomic mass is 32.1. The maximum Gasteiger partial charge on any atom is 0.311 e. The van der Waals surface area contributed by atoms with Crippen molar-refractivity contribution >= 4 is 28.7 Å². The zero-order chi connectivity index (χ0) is 19.6. The van der Waals surface area contributed by atoms with Gasteiger partial charge in [-0.1, -0.05) is 13.8 Å². The van der Waals surface area contributed by atoms with Crippen molar-refractivity contribution in [2.75, 3.05) is 18.6 Å². The number of esters is 1. The van der Waals surface area contributed by atoms with Gasteiger partial charge in [-0.15, -0.1) is 11.3 Å². The molecule has 0 atom stereocenters. The van der Waals surface area contributed by atoms with Gasteiger partial charge in [0.2, 0.25) is 5.13 Å². The number of hydrazone groups is 1. The highest BCUT2D eigenvalue weighted by Crippen LogP contribution is 2.18. The fraction of sp³-hybridized carbons (Fsp3) is 0.421. The molecule has 0 aliphatic carbocycles. The molecule has 0 aliphatic heterocycles. The molecule has 0 saturated carbocycles. The van der Waals surface area contributed by atoms with Gasteiger partial charge in [0.05, 0.1) is 31.5 Å². The van der Waals surface area contributed by atoms with Gasteiger partial charge in [-0.25, -0.2) is 9.37 Å². The van der Waals surface area contributed by atoms with Gasteiger partial charge >= 0.3 is 5.97 Å². The van der Waals surface area contributed by atoms with Crippen LogP contribution in [0.4, 0.5) is 9.52 Å². The number of ether oxygens (including phenoxy) is 2. The summed E-state index contributed by atoms with van der Waals surface area (Å²) in [5, 5.41) is 6.36. The molecule has 146 valence electrons. The van der Waals surface area contributed by atoms with E-state index in [-0.39, 0.29) is 18.2 Å². The molecule has 2 rings (SSSR count). The number of carbonyl (C=O) groups excluding carboxylic acids is 1. The second-order valence-corrected chi connectivity index (χ2v) is 7.11. The minimum absolute atomic E-state index is 0.122. The van der Waals surface area contributed by atoms with Gasteiger partial charge in [0.25, 0.3) is 0 Å². The van der Waals surface area contributed by atoms with Gasteiger partial charge in [-0.2, -0.15) is 5.10 Å². The summed E-state index contributed by atoms with van der Waals surface area (Å²) in [6, 6.07) is 4.45. The summed E-state index contributed by atoms with van der Waals surface area (Å²) >= 11 is 1.32. The molecule has 0 bridgehead atoms. The average molecular weight is 393 g/mol. The summed E-state index contributed by atoms with van der Waals surface area (Å²) in [7, 11) is 0. The number of hydrogen-bond donors (Lipinski definition) is 1. The number of aromatic nitrogens is 1. The van der Waals surface area contributed by atoms with E-state index in [0.29, 0.717) is 41.3 Å². The second kappa shape index (κ2) is 10.6. The standard InChI is InChI=1S/C19H24FN3O3S/c1-4-25-18(24)10-16-12-27-19(22-16)23-21-11-14-7-15(20)9-17(8-14)26-6-5-13(2)3/h7-9,11-13H,4-6,10H2,1-3H3,(H,22,23). The quantitative estimate of drug-likeness (QED) is 0.371. The normalized spacial score (nSPS) is 11.1. The fourth-order valence-electron chi connectivity index (χ4n) is 2.12. The van der Waals surface area contributed by atoms with Gasteiger partial charge in [0.15, 0.2) is 0 Å². The molecule has 0 fully saturated rings. The third kappa shape index (κ3) is 7.74. The van der Waals surface area contributed by atoms with E-state index in [1.165, 1.54) is 29.7 Å². The average Bonchev–Trinajstić information content (AvgIpc) is 3.01. The third-order valence-electron chi connectivity index (χ3n) is 3.41. The van der Waals surface area contributed by atoms with Gasteiger partial charge in [0, 0.05) is 17.0 Å². The van der Waals surface area contributed by atoms with E-state index in [9.17, 15) is 9.18 Å². The summed E-state index contributed by atoms with van der Waals surface area (Å²) < 4.78 is 24.2. The second-order valence-electron chi connectivity index (χ2n) is 6.25. The van der Waals surface area contributed by atoms with Crippen LogP contribution in [0.15, 0.2) is 28.7 Å². The Morgan fingerprint density at radius 1 is 1.41 bits per heavy atom. The van der Waals surface area contributed by atoms with Gasteiger partial charge < -0.3 is 9.47 Å². The number of rotatable bonds is 10. The van der Waals surface area contributed by atoms with Crippen molar-refractivity contribution in [1.29, 1.82) is 0 Å². The first-order valence-electron chi connectivity index (χ1n) is 8.78. The Hall–Kier alpha value is -2.48. The van der Waals surface area contributed by atoms with Crippen LogP contribution in [0.1, 0.15) is 38.4 Å². The molecule has 1 aromatic heterocycles. The molecule has 1 heterocycles. The predicted molar refractivity (Wildman–Crippen MR) is 105 cm³/mol. The molecular weight excluding hydrogens is 369 g/mol.